The third-order valence-corrected chi connectivity index (χ3v) is 7.63. The highest BCUT2D eigenvalue weighted by Gasteiger charge is 2.36. The van der Waals surface area contributed by atoms with Gasteiger partial charge in [-0.05, 0) is 72.7 Å². The van der Waals surface area contributed by atoms with E-state index in [2.05, 4.69) is 34.4 Å². The van der Waals surface area contributed by atoms with E-state index in [1.165, 1.54) is 24.0 Å². The Labute approximate surface area is 208 Å². The summed E-state index contributed by atoms with van der Waals surface area (Å²) < 4.78 is 0. The highest BCUT2D eigenvalue weighted by molar-refractivity contribution is 6.33. The molecule has 0 bridgehead atoms. The van der Waals surface area contributed by atoms with Crippen LogP contribution in [0.4, 0.5) is 23.1 Å². The SMILES string of the molecule is CN1Cc2cc(Nc3ncc(Cl)c(N4CC(C(=O)NO)c5ccccc54)n3)cc3c2C(CCC3)C1. The number of carbonyl (C=O) groups is 1. The predicted octanol–water partition coefficient (Wildman–Crippen LogP) is 4.48. The third kappa shape index (κ3) is 3.91. The number of amides is 1. The first-order valence-electron chi connectivity index (χ1n) is 12.0. The zero-order chi connectivity index (χ0) is 24.1. The smallest absolute Gasteiger partial charge is 0.252 e. The molecule has 0 spiro atoms. The van der Waals surface area contributed by atoms with Gasteiger partial charge in [0.2, 0.25) is 5.95 Å². The third-order valence-electron chi connectivity index (χ3n) is 7.36. The van der Waals surface area contributed by atoms with E-state index in [0.29, 0.717) is 29.3 Å². The lowest BCUT2D eigenvalue weighted by molar-refractivity contribution is -0.130. The van der Waals surface area contributed by atoms with Crippen molar-refractivity contribution in [1.82, 2.24) is 20.3 Å². The number of fused-ring (bicyclic) bond motifs is 1. The summed E-state index contributed by atoms with van der Waals surface area (Å²) in [7, 11) is 2.18. The van der Waals surface area contributed by atoms with E-state index < -0.39 is 11.8 Å². The van der Waals surface area contributed by atoms with Crippen LogP contribution in [0.15, 0.2) is 42.6 Å². The van der Waals surface area contributed by atoms with Crippen LogP contribution in [-0.4, -0.2) is 46.1 Å². The summed E-state index contributed by atoms with van der Waals surface area (Å²) in [6.45, 7) is 2.39. The number of hydrogen-bond donors (Lipinski definition) is 3. The normalized spacial score (nSPS) is 20.8. The number of aryl methyl sites for hydroxylation is 1. The summed E-state index contributed by atoms with van der Waals surface area (Å²) in [6, 6.07) is 12.0. The number of halogens is 1. The molecule has 3 N–H and O–H groups in total. The molecule has 3 aromatic rings. The molecule has 180 valence electrons. The van der Waals surface area contributed by atoms with Crippen molar-refractivity contribution < 1.29 is 10.0 Å². The van der Waals surface area contributed by atoms with Gasteiger partial charge in [-0.15, -0.1) is 0 Å². The fourth-order valence-electron chi connectivity index (χ4n) is 5.96. The van der Waals surface area contributed by atoms with Crippen LogP contribution < -0.4 is 15.7 Å². The zero-order valence-corrected chi connectivity index (χ0v) is 20.2. The molecule has 2 unspecified atom stereocenters. The Balaban J connectivity index is 1.33. The molecule has 6 rings (SSSR count). The minimum atomic E-state index is -0.530. The number of hydrogen-bond acceptors (Lipinski definition) is 7. The number of aromatic nitrogens is 2. The quantitative estimate of drug-likeness (QED) is 0.366. The molecule has 9 heteroatoms. The number of anilines is 4. The first-order chi connectivity index (χ1) is 17.0. The topological polar surface area (TPSA) is 93.6 Å². The van der Waals surface area contributed by atoms with E-state index in [4.69, 9.17) is 16.6 Å². The second-order valence-corrected chi connectivity index (χ2v) is 10.1. The van der Waals surface area contributed by atoms with Crippen molar-refractivity contribution in [3.63, 3.8) is 0 Å². The number of rotatable bonds is 4. The number of hydroxylamine groups is 1. The molecule has 35 heavy (non-hydrogen) atoms. The van der Waals surface area contributed by atoms with Gasteiger partial charge in [0.15, 0.2) is 5.82 Å². The fraction of sp³-hybridized carbons (Fsp3) is 0.346. The molecule has 0 saturated heterocycles. The highest BCUT2D eigenvalue weighted by Crippen LogP contribution is 2.43. The van der Waals surface area contributed by atoms with Gasteiger partial charge in [-0.2, -0.15) is 4.98 Å². The highest BCUT2D eigenvalue weighted by atomic mass is 35.5. The molecule has 3 aliphatic rings. The summed E-state index contributed by atoms with van der Waals surface area (Å²) in [5.74, 6) is 0.593. The molecule has 2 aromatic carbocycles. The van der Waals surface area contributed by atoms with Crippen molar-refractivity contribution >= 4 is 40.6 Å². The lowest BCUT2D eigenvalue weighted by Crippen LogP contribution is -2.33. The Morgan fingerprint density at radius 2 is 2.03 bits per heavy atom. The Morgan fingerprint density at radius 1 is 1.20 bits per heavy atom. The fourth-order valence-corrected chi connectivity index (χ4v) is 6.15. The van der Waals surface area contributed by atoms with Crippen molar-refractivity contribution in [3.8, 4) is 0 Å². The summed E-state index contributed by atoms with van der Waals surface area (Å²) in [5, 5.41) is 13.0. The molecule has 8 nitrogen and oxygen atoms in total. The van der Waals surface area contributed by atoms with Crippen molar-refractivity contribution in [2.75, 3.05) is 30.4 Å². The van der Waals surface area contributed by atoms with Gasteiger partial charge in [-0.25, -0.2) is 10.5 Å². The maximum absolute atomic E-state index is 12.3. The van der Waals surface area contributed by atoms with Crippen LogP contribution in [0.5, 0.6) is 0 Å². The molecule has 0 radical (unpaired) electrons. The molecule has 1 amide bonds. The van der Waals surface area contributed by atoms with Gasteiger partial charge in [-0.1, -0.05) is 29.8 Å². The average molecular weight is 491 g/mol. The monoisotopic (exact) mass is 490 g/mol. The number of carbonyl (C=O) groups excluding carboxylic acids is 1. The van der Waals surface area contributed by atoms with Crippen LogP contribution in [0.3, 0.4) is 0 Å². The first kappa shape index (κ1) is 22.3. The van der Waals surface area contributed by atoms with Gasteiger partial charge >= 0.3 is 0 Å². The van der Waals surface area contributed by atoms with Crippen molar-refractivity contribution in [2.45, 2.75) is 37.6 Å². The van der Waals surface area contributed by atoms with E-state index in [9.17, 15) is 10.0 Å². The van der Waals surface area contributed by atoms with E-state index >= 15 is 0 Å². The maximum atomic E-state index is 12.3. The van der Waals surface area contributed by atoms with Crippen LogP contribution in [-0.2, 0) is 17.8 Å². The van der Waals surface area contributed by atoms with Crippen molar-refractivity contribution in [1.29, 1.82) is 0 Å². The minimum Gasteiger partial charge on any atom is -0.324 e. The lowest BCUT2D eigenvalue weighted by Gasteiger charge is -2.37. The van der Waals surface area contributed by atoms with Crippen LogP contribution in [0, 0.1) is 0 Å². The molecule has 0 saturated carbocycles. The molecule has 3 heterocycles. The van der Waals surface area contributed by atoms with Gasteiger partial charge in [-0.3, -0.25) is 10.0 Å². The Hall–Kier alpha value is -3.20. The van der Waals surface area contributed by atoms with Gasteiger partial charge in [0, 0.05) is 31.0 Å². The van der Waals surface area contributed by atoms with E-state index in [1.54, 1.807) is 17.2 Å². The Kier molecular flexibility index (Phi) is 5.59. The molecule has 1 aliphatic carbocycles. The molecule has 1 aromatic heterocycles. The molecular weight excluding hydrogens is 464 g/mol. The van der Waals surface area contributed by atoms with Crippen LogP contribution >= 0.6 is 11.6 Å². The van der Waals surface area contributed by atoms with Gasteiger partial charge in [0.25, 0.3) is 5.91 Å². The first-order valence-corrected chi connectivity index (χ1v) is 12.3. The summed E-state index contributed by atoms with van der Waals surface area (Å²) in [5.41, 5.74) is 8.75. The number of benzene rings is 2. The molecule has 0 fully saturated rings. The molecule has 2 aliphatic heterocycles. The van der Waals surface area contributed by atoms with Crippen LogP contribution in [0.2, 0.25) is 5.02 Å². The van der Waals surface area contributed by atoms with Crippen LogP contribution in [0.25, 0.3) is 0 Å². The maximum Gasteiger partial charge on any atom is 0.252 e. The second-order valence-electron chi connectivity index (χ2n) is 9.68. The Bertz CT molecular complexity index is 1310. The van der Waals surface area contributed by atoms with Crippen LogP contribution in [0.1, 0.15) is 46.9 Å². The predicted molar refractivity (Wildman–Crippen MR) is 135 cm³/mol. The van der Waals surface area contributed by atoms with E-state index in [-0.39, 0.29) is 0 Å². The van der Waals surface area contributed by atoms with Crippen molar-refractivity contribution in [2.24, 2.45) is 0 Å². The molecular formula is C26H27ClN6O2. The summed E-state index contributed by atoms with van der Waals surface area (Å²) >= 11 is 6.54. The van der Waals surface area contributed by atoms with Gasteiger partial charge in [0.1, 0.15) is 5.02 Å². The summed E-state index contributed by atoms with van der Waals surface area (Å²) in [4.78, 5) is 25.8. The lowest BCUT2D eigenvalue weighted by atomic mass is 9.77. The zero-order valence-electron chi connectivity index (χ0n) is 19.5. The van der Waals surface area contributed by atoms with Crippen molar-refractivity contribution in [3.05, 3.63) is 69.9 Å². The number of nitrogens with one attached hydrogen (secondary N) is 2. The standard InChI is InChI=1S/C26H27ClN6O2/c1-32-12-16-6-4-5-15-9-18(10-17(13-32)23(15)16)29-26-28-11-21(27)24(30-26)33-14-20(25(34)31-35)19-7-2-3-8-22(19)33/h2-3,7-11,16,20,35H,4-6,12-14H2,1H3,(H,31,34)(H,28,29,30). The number of likely N-dealkylation sites (N-methyl/N-ethyl adjacent to an activating group) is 1. The van der Waals surface area contributed by atoms with Gasteiger partial charge < -0.3 is 15.1 Å². The minimum absolute atomic E-state index is 0.318. The number of para-hydroxylation sites is 1. The second kappa shape index (κ2) is 8.78. The van der Waals surface area contributed by atoms with E-state index in [1.807, 2.05) is 29.2 Å². The van der Waals surface area contributed by atoms with Gasteiger partial charge in [0.05, 0.1) is 12.1 Å². The van der Waals surface area contributed by atoms with E-state index in [0.717, 1.165) is 36.4 Å². The largest absolute Gasteiger partial charge is 0.324 e. The number of nitrogens with zero attached hydrogens (tertiary/aromatic N) is 4. The summed E-state index contributed by atoms with van der Waals surface area (Å²) in [6.07, 6.45) is 5.16. The Morgan fingerprint density at radius 3 is 2.89 bits per heavy atom. The average Bonchev–Trinajstić information content (AvgIpc) is 3.24. The molecule has 2 atom stereocenters.